The van der Waals surface area contributed by atoms with Crippen LogP contribution in [0, 0.1) is 39.7 Å². The highest BCUT2D eigenvalue weighted by Crippen LogP contribution is 2.61. The molecule has 2 N–H and O–H groups in total. The molecule has 3 unspecified atom stereocenters. The van der Waals surface area contributed by atoms with Crippen molar-refractivity contribution in [3.8, 4) is 5.75 Å². The zero-order chi connectivity index (χ0) is 55.3. The molecule has 5 heterocycles. The highest BCUT2D eigenvalue weighted by atomic mass is 35.5. The average molecular weight is 1100 g/mol. The molecule has 2 spiro atoms. The molecule has 9 rings (SSSR count). The first-order chi connectivity index (χ1) is 35.2. The van der Waals surface area contributed by atoms with Crippen LogP contribution >= 0.6 is 23.2 Å². The quantitative estimate of drug-likeness (QED) is 0.0337. The molecule has 13 atom stereocenters. The molecule has 0 bridgehead atoms. The Labute approximate surface area is 454 Å². The Hall–Kier alpha value is -3.10. The number of carbonyl (C=O) groups is 2. The van der Waals surface area contributed by atoms with Gasteiger partial charge in [0.15, 0.2) is 0 Å². The number of rotatable bonds is 14. The van der Waals surface area contributed by atoms with Crippen LogP contribution in [0.2, 0.25) is 0 Å². The van der Waals surface area contributed by atoms with Crippen LogP contribution in [-0.2, 0) is 37.9 Å². The Morgan fingerprint density at radius 2 is 1.23 bits per heavy atom. The number of aliphatic hydroxyl groups is 2. The van der Waals surface area contributed by atoms with Crippen LogP contribution in [0.4, 0.5) is 15.3 Å². The van der Waals surface area contributed by atoms with E-state index in [-0.39, 0.29) is 76.4 Å². The van der Waals surface area contributed by atoms with Crippen molar-refractivity contribution in [1.82, 2.24) is 4.90 Å². The molecule has 1 aromatic carbocycles. The number of hydrogen-bond donors (Lipinski definition) is 2. The van der Waals surface area contributed by atoms with Crippen molar-refractivity contribution in [1.29, 1.82) is 0 Å². The fourth-order valence-corrected chi connectivity index (χ4v) is 12.3. The van der Waals surface area contributed by atoms with Gasteiger partial charge in [-0.2, -0.15) is 0 Å². The summed E-state index contributed by atoms with van der Waals surface area (Å²) in [5.41, 5.74) is -2.89. The monoisotopic (exact) mass is 1100 g/mol. The summed E-state index contributed by atoms with van der Waals surface area (Å²) < 4.78 is 52.8. The first kappa shape index (κ1) is 61.1. The Morgan fingerprint density at radius 3 is 1.60 bits per heavy atom. The minimum atomic E-state index is -0.956. The van der Waals surface area contributed by atoms with E-state index in [9.17, 15) is 29.9 Å². The number of hydrogen-bond acceptors (Lipinski definition) is 15. The van der Waals surface area contributed by atoms with Gasteiger partial charge in [-0.3, -0.25) is 10.1 Å². The van der Waals surface area contributed by atoms with Crippen molar-refractivity contribution < 1.29 is 67.4 Å². The van der Waals surface area contributed by atoms with Gasteiger partial charge in [-0.15, -0.1) is 23.2 Å². The molecule has 5 saturated heterocycles. The van der Waals surface area contributed by atoms with E-state index in [1.54, 1.807) is 33.0 Å². The maximum absolute atomic E-state index is 13.1. The molecule has 75 heavy (non-hydrogen) atoms. The maximum atomic E-state index is 13.1. The molecular weight excluding hydrogens is 1010 g/mol. The van der Waals surface area contributed by atoms with E-state index in [2.05, 4.69) is 65.8 Å². The number of nitro groups is 1. The smallest absolute Gasteiger partial charge is 0.443 e. The molecule has 1 amide bonds. The number of nitrogens with zero attached hydrogens (tertiary/aromatic N) is 2. The Morgan fingerprint density at radius 1 is 0.773 bits per heavy atom. The number of carbonyl (C=O) groups excluding carboxylic acids is 2. The molecule has 19 heteroatoms. The SMILES string of the molecule is CC(C)(O)C1CCCC1.CO[C@H]1C([C@]2(C)O[C@@H]2/C=C/C(C)C)[C@]2(CC[C@H]1OC(=O)N1CCCC1C(C)(C)O)CO2.CO[C@H]1C([C@]2(C)O[C@@H]2/C=C/C(C)C)[C@]2(CC[C@H]1OC(=O)Oc1ccc([N+](=O)[O-])cc1)CO2.ClCCl. The minimum Gasteiger partial charge on any atom is -0.443 e. The number of benzene rings is 1. The molecule has 8 aliphatic rings. The lowest BCUT2D eigenvalue weighted by atomic mass is 9.68. The summed E-state index contributed by atoms with van der Waals surface area (Å²) in [6, 6.07) is 5.01. The number of ether oxygens (including phenoxy) is 9. The van der Waals surface area contributed by atoms with Gasteiger partial charge in [0.1, 0.15) is 64.8 Å². The van der Waals surface area contributed by atoms with Crippen LogP contribution in [0.1, 0.15) is 133 Å². The number of epoxide rings is 4. The zero-order valence-corrected chi connectivity index (χ0v) is 47.8. The van der Waals surface area contributed by atoms with Crippen LogP contribution < -0.4 is 4.74 Å². The first-order valence-electron chi connectivity index (χ1n) is 26.9. The predicted octanol–water partition coefficient (Wildman–Crippen LogP) is 10.7. The van der Waals surface area contributed by atoms with Gasteiger partial charge in [0.05, 0.1) is 52.6 Å². The lowest BCUT2D eigenvalue weighted by Gasteiger charge is -2.43. The van der Waals surface area contributed by atoms with Crippen LogP contribution in [0.5, 0.6) is 5.75 Å². The largest absolute Gasteiger partial charge is 0.514 e. The number of halogens is 2. The second-order valence-corrected chi connectivity index (χ2v) is 24.6. The maximum Gasteiger partial charge on any atom is 0.514 e. The fourth-order valence-electron chi connectivity index (χ4n) is 12.3. The van der Waals surface area contributed by atoms with Crippen molar-refractivity contribution in [2.75, 3.05) is 39.3 Å². The average Bonchev–Trinajstić information content (AvgIpc) is 4.32. The normalized spacial score (nSPS) is 35.9. The van der Waals surface area contributed by atoms with Gasteiger partial charge in [0.2, 0.25) is 0 Å². The highest BCUT2D eigenvalue weighted by Gasteiger charge is 2.73. The standard InChI is InChI=1S/C24H39NO6.C23H29NO8.C8H16O.CH2Cl2/c1-15(2)9-10-18-23(5,31-18)20-19(28-6)16(11-12-24(20)14-29-24)30-21(26)25-13-7-8-17(25)22(3,4)27;1-14(2)5-10-18-22(3,32-18)20-19(28-4)17(11-12-23(20)13-29-23)31-21(25)30-16-8-6-15(7-9-16)24(26)27;1-8(2,9)7-5-3-4-6-7;2-1-3/h9-10,15-20,27H,7-8,11-14H2,1-6H3;5-10,14,17-20H,11-13H2,1-4H3;7,9H,3-6H2,1-2H3;1H2/b10-9+;10-5+;;/t16-,17?,18-,19-,20?,23-,24+;17-,18-,19-,20?,22-,23+;;/m11../s1. The second-order valence-electron chi connectivity index (χ2n) is 23.8. The Kier molecular flexibility index (Phi) is 20.3. The first-order valence-corrected chi connectivity index (χ1v) is 28.0. The number of methoxy groups -OCH3 is 2. The summed E-state index contributed by atoms with van der Waals surface area (Å²) in [5.74, 6) is 1.50. The summed E-state index contributed by atoms with van der Waals surface area (Å²) in [4.78, 5) is 37.5. The lowest BCUT2D eigenvalue weighted by molar-refractivity contribution is -0.384. The minimum absolute atomic E-state index is 0.0120. The molecule has 3 aliphatic carbocycles. The molecule has 17 nitrogen and oxygen atoms in total. The van der Waals surface area contributed by atoms with E-state index in [1.807, 2.05) is 13.8 Å². The van der Waals surface area contributed by atoms with Crippen molar-refractivity contribution in [2.24, 2.45) is 29.6 Å². The molecule has 0 aromatic heterocycles. The van der Waals surface area contributed by atoms with Crippen molar-refractivity contribution in [3.63, 3.8) is 0 Å². The predicted molar refractivity (Wildman–Crippen MR) is 284 cm³/mol. The Bertz CT molecular complexity index is 2110. The number of alkyl halides is 2. The molecule has 8 fully saturated rings. The fraction of sp³-hybridized carbons (Fsp3) is 0.786. The van der Waals surface area contributed by atoms with Crippen LogP contribution in [-0.4, -0.2) is 148 Å². The van der Waals surface area contributed by atoms with E-state index < -0.39 is 45.7 Å². The van der Waals surface area contributed by atoms with Crippen LogP contribution in [0.25, 0.3) is 0 Å². The van der Waals surface area contributed by atoms with E-state index in [4.69, 9.17) is 65.8 Å². The van der Waals surface area contributed by atoms with Gasteiger partial charge < -0.3 is 57.7 Å². The zero-order valence-electron chi connectivity index (χ0n) is 46.3. The number of nitro benzene ring substituents is 1. The highest BCUT2D eigenvalue weighted by molar-refractivity contribution is 6.40. The van der Waals surface area contributed by atoms with E-state index in [0.717, 1.165) is 25.7 Å². The van der Waals surface area contributed by atoms with Gasteiger partial charge in [0.25, 0.3) is 5.69 Å². The number of likely N-dealkylation sites (tertiary alicyclic amines) is 1. The van der Waals surface area contributed by atoms with Crippen LogP contribution in [0.15, 0.2) is 48.6 Å². The molecule has 3 saturated carbocycles. The van der Waals surface area contributed by atoms with Crippen molar-refractivity contribution >= 4 is 41.1 Å². The van der Waals surface area contributed by atoms with E-state index in [1.165, 1.54) is 49.9 Å². The third-order valence-corrected chi connectivity index (χ3v) is 16.6. The third kappa shape index (κ3) is 15.0. The second kappa shape index (κ2) is 24.9. The van der Waals surface area contributed by atoms with Gasteiger partial charge in [0, 0.05) is 32.9 Å². The van der Waals surface area contributed by atoms with Gasteiger partial charge in [-0.25, -0.2) is 9.59 Å². The number of allylic oxidation sites excluding steroid dienone is 2. The summed E-state index contributed by atoms with van der Waals surface area (Å²) >= 11 is 9.53. The summed E-state index contributed by atoms with van der Waals surface area (Å²) in [6.45, 7) is 22.0. The van der Waals surface area contributed by atoms with Gasteiger partial charge in [-0.05, 0) is 123 Å². The lowest BCUT2D eigenvalue weighted by Crippen LogP contribution is -2.57. The van der Waals surface area contributed by atoms with Crippen molar-refractivity contribution in [2.45, 2.75) is 210 Å². The summed E-state index contributed by atoms with van der Waals surface area (Å²) in [7, 11) is 3.28. The van der Waals surface area contributed by atoms with Crippen LogP contribution in [0.3, 0.4) is 0 Å². The molecule has 5 aliphatic heterocycles. The van der Waals surface area contributed by atoms with Gasteiger partial charge >= 0.3 is 12.2 Å². The molecule has 1 aromatic rings. The topological polar surface area (TPSA) is 217 Å². The molecule has 0 radical (unpaired) electrons. The van der Waals surface area contributed by atoms with Crippen molar-refractivity contribution in [3.05, 3.63) is 58.7 Å². The summed E-state index contributed by atoms with van der Waals surface area (Å²) in [6.07, 6.45) is 15.2. The molecule has 424 valence electrons. The summed E-state index contributed by atoms with van der Waals surface area (Å²) in [5, 5.41) is 31.0. The number of non-ortho nitro benzene ring substituents is 1. The molecular formula is C56H86Cl2N2O15. The van der Waals surface area contributed by atoms with Gasteiger partial charge in [-0.1, -0.05) is 64.8 Å². The van der Waals surface area contributed by atoms with E-state index >= 15 is 0 Å². The third-order valence-electron chi connectivity index (χ3n) is 16.6. The van der Waals surface area contributed by atoms with E-state index in [0.29, 0.717) is 50.4 Å². The Balaban J connectivity index is 0.000000200. The number of amides is 1.